The van der Waals surface area contributed by atoms with Gasteiger partial charge in [0.1, 0.15) is 11.5 Å². The molecule has 1 aliphatic rings. The molecule has 0 amide bonds. The Morgan fingerprint density at radius 3 is 2.87 bits per heavy atom. The van der Waals surface area contributed by atoms with Crippen molar-refractivity contribution in [2.45, 2.75) is 12.6 Å². The Balaban J connectivity index is 1.52. The van der Waals surface area contributed by atoms with Gasteiger partial charge in [-0.2, -0.15) is 0 Å². The number of aromatic nitrogens is 1. The van der Waals surface area contributed by atoms with E-state index in [0.717, 1.165) is 30.2 Å². The van der Waals surface area contributed by atoms with Crippen molar-refractivity contribution in [3.8, 4) is 11.5 Å². The lowest BCUT2D eigenvalue weighted by Crippen LogP contribution is -2.38. The Morgan fingerprint density at radius 2 is 2.04 bits per heavy atom. The molecule has 5 heteroatoms. The first kappa shape index (κ1) is 14.2. The van der Waals surface area contributed by atoms with E-state index in [9.17, 15) is 0 Å². The van der Waals surface area contributed by atoms with Gasteiger partial charge in [0.25, 0.3) is 0 Å². The third-order valence-electron chi connectivity index (χ3n) is 4.04. The number of hydrogen-bond donors (Lipinski definition) is 0. The second-order valence-corrected chi connectivity index (χ2v) is 5.57. The third-order valence-corrected chi connectivity index (χ3v) is 4.04. The van der Waals surface area contributed by atoms with Gasteiger partial charge >= 0.3 is 0 Å². The highest BCUT2D eigenvalue weighted by Gasteiger charge is 2.27. The lowest BCUT2D eigenvalue weighted by atomic mass is 10.1. The molecule has 0 bridgehead atoms. The average Bonchev–Trinajstić information content (AvgIpc) is 3.28. The van der Waals surface area contributed by atoms with Gasteiger partial charge in [0.2, 0.25) is 5.89 Å². The van der Waals surface area contributed by atoms with Crippen molar-refractivity contribution in [1.82, 2.24) is 9.88 Å². The SMILES string of the molecule is c1ccc(-c2ncc(CN3CCOCC3c3ccco3)o2)cc1. The van der Waals surface area contributed by atoms with E-state index < -0.39 is 0 Å². The molecule has 0 saturated carbocycles. The van der Waals surface area contributed by atoms with E-state index >= 15 is 0 Å². The van der Waals surface area contributed by atoms with Gasteiger partial charge in [0.15, 0.2) is 0 Å². The zero-order valence-corrected chi connectivity index (χ0v) is 12.7. The molecule has 0 spiro atoms. The summed E-state index contributed by atoms with van der Waals surface area (Å²) in [4.78, 5) is 6.69. The van der Waals surface area contributed by atoms with Crippen LogP contribution >= 0.6 is 0 Å². The minimum Gasteiger partial charge on any atom is -0.468 e. The zero-order chi connectivity index (χ0) is 15.5. The number of rotatable bonds is 4. The number of morpholine rings is 1. The summed E-state index contributed by atoms with van der Waals surface area (Å²) in [5.74, 6) is 2.43. The van der Waals surface area contributed by atoms with Gasteiger partial charge in [-0.3, -0.25) is 4.90 Å². The van der Waals surface area contributed by atoms with Crippen LogP contribution in [0.25, 0.3) is 11.5 Å². The number of hydrogen-bond acceptors (Lipinski definition) is 5. The Labute approximate surface area is 134 Å². The van der Waals surface area contributed by atoms with E-state index in [-0.39, 0.29) is 6.04 Å². The molecule has 5 nitrogen and oxygen atoms in total. The van der Waals surface area contributed by atoms with Crippen LogP contribution in [-0.4, -0.2) is 29.6 Å². The fraction of sp³-hybridized carbons (Fsp3) is 0.278. The normalized spacial score (nSPS) is 19.0. The summed E-state index contributed by atoms with van der Waals surface area (Å²) in [5.41, 5.74) is 0.989. The Kier molecular flexibility index (Phi) is 3.96. The lowest BCUT2D eigenvalue weighted by Gasteiger charge is -2.33. The highest BCUT2D eigenvalue weighted by molar-refractivity contribution is 5.52. The molecule has 4 rings (SSSR count). The molecule has 2 aromatic heterocycles. The maximum absolute atomic E-state index is 5.91. The van der Waals surface area contributed by atoms with Crippen LogP contribution in [0.3, 0.4) is 0 Å². The Morgan fingerprint density at radius 1 is 1.13 bits per heavy atom. The minimum atomic E-state index is 0.115. The molecule has 3 heterocycles. The molecule has 0 N–H and O–H groups in total. The molecule has 118 valence electrons. The maximum Gasteiger partial charge on any atom is 0.226 e. The zero-order valence-electron chi connectivity index (χ0n) is 12.7. The number of benzene rings is 1. The topological polar surface area (TPSA) is 51.6 Å². The van der Waals surface area contributed by atoms with Gasteiger partial charge in [-0.15, -0.1) is 0 Å². The summed E-state index contributed by atoms with van der Waals surface area (Å²) in [7, 11) is 0. The third kappa shape index (κ3) is 3.06. The molecule has 0 radical (unpaired) electrons. The summed E-state index contributed by atoms with van der Waals surface area (Å²) in [6.45, 7) is 2.88. The fourth-order valence-corrected chi connectivity index (χ4v) is 2.87. The van der Waals surface area contributed by atoms with Crippen molar-refractivity contribution in [3.63, 3.8) is 0 Å². The molecular weight excluding hydrogens is 292 g/mol. The Hall–Kier alpha value is -2.37. The molecule has 1 saturated heterocycles. The molecular formula is C18H18N2O3. The lowest BCUT2D eigenvalue weighted by molar-refractivity contribution is -0.0228. The van der Waals surface area contributed by atoms with Crippen molar-refractivity contribution < 1.29 is 13.6 Å². The first-order valence-electron chi connectivity index (χ1n) is 7.75. The summed E-state index contributed by atoms with van der Waals surface area (Å²) in [6, 6.07) is 13.9. The fourth-order valence-electron chi connectivity index (χ4n) is 2.87. The van der Waals surface area contributed by atoms with Gasteiger partial charge in [0.05, 0.1) is 38.3 Å². The van der Waals surface area contributed by atoms with Gasteiger partial charge in [-0.05, 0) is 24.3 Å². The highest BCUT2D eigenvalue weighted by atomic mass is 16.5. The summed E-state index contributed by atoms with van der Waals surface area (Å²) >= 11 is 0. The maximum atomic E-state index is 5.91. The molecule has 1 fully saturated rings. The molecule has 1 aromatic carbocycles. The Bertz CT molecular complexity index is 737. The van der Waals surface area contributed by atoms with Crippen LogP contribution in [0.2, 0.25) is 0 Å². The molecule has 1 aliphatic heterocycles. The standard InChI is InChI=1S/C18H18N2O3/c1-2-5-14(6-3-1)18-19-11-15(23-18)12-20-8-10-21-13-16(20)17-7-4-9-22-17/h1-7,9,11,16H,8,10,12-13H2. The number of oxazole rings is 1. The van der Waals surface area contributed by atoms with Crippen LogP contribution in [-0.2, 0) is 11.3 Å². The van der Waals surface area contributed by atoms with Crippen LogP contribution in [0.4, 0.5) is 0 Å². The van der Waals surface area contributed by atoms with Crippen molar-refractivity contribution in [3.05, 3.63) is 66.4 Å². The first-order chi connectivity index (χ1) is 11.4. The predicted molar refractivity (Wildman–Crippen MR) is 84.6 cm³/mol. The van der Waals surface area contributed by atoms with Crippen LogP contribution in [0.1, 0.15) is 17.6 Å². The largest absolute Gasteiger partial charge is 0.468 e. The van der Waals surface area contributed by atoms with Crippen LogP contribution in [0, 0.1) is 0 Å². The molecule has 23 heavy (non-hydrogen) atoms. The van der Waals surface area contributed by atoms with E-state index in [1.165, 1.54) is 0 Å². The number of nitrogens with zero attached hydrogens (tertiary/aromatic N) is 2. The van der Waals surface area contributed by atoms with Crippen LogP contribution in [0.5, 0.6) is 0 Å². The summed E-state index contributed by atoms with van der Waals surface area (Å²) in [6.07, 6.45) is 3.50. The second kappa shape index (κ2) is 6.40. The second-order valence-electron chi connectivity index (χ2n) is 5.57. The minimum absolute atomic E-state index is 0.115. The molecule has 3 aromatic rings. The van der Waals surface area contributed by atoms with Gasteiger partial charge < -0.3 is 13.6 Å². The first-order valence-corrected chi connectivity index (χ1v) is 7.75. The van der Waals surface area contributed by atoms with E-state index in [1.54, 1.807) is 12.5 Å². The average molecular weight is 310 g/mol. The van der Waals surface area contributed by atoms with E-state index in [4.69, 9.17) is 13.6 Å². The van der Waals surface area contributed by atoms with Crippen LogP contribution in [0.15, 0.2) is 63.8 Å². The smallest absolute Gasteiger partial charge is 0.226 e. The van der Waals surface area contributed by atoms with Crippen molar-refractivity contribution in [2.75, 3.05) is 19.8 Å². The van der Waals surface area contributed by atoms with Crippen molar-refractivity contribution in [1.29, 1.82) is 0 Å². The predicted octanol–water partition coefficient (Wildman–Crippen LogP) is 3.51. The quantitative estimate of drug-likeness (QED) is 0.738. The van der Waals surface area contributed by atoms with E-state index in [2.05, 4.69) is 9.88 Å². The molecule has 0 aliphatic carbocycles. The summed E-state index contributed by atoms with van der Waals surface area (Å²) in [5, 5.41) is 0. The van der Waals surface area contributed by atoms with E-state index in [0.29, 0.717) is 19.0 Å². The van der Waals surface area contributed by atoms with Gasteiger partial charge in [0, 0.05) is 12.1 Å². The van der Waals surface area contributed by atoms with Gasteiger partial charge in [-0.1, -0.05) is 18.2 Å². The van der Waals surface area contributed by atoms with Crippen molar-refractivity contribution in [2.24, 2.45) is 0 Å². The summed E-state index contributed by atoms with van der Waals surface area (Å²) < 4.78 is 17.1. The number of furan rings is 1. The molecule has 1 atom stereocenters. The molecule has 1 unspecified atom stereocenters. The van der Waals surface area contributed by atoms with E-state index in [1.807, 2.05) is 42.5 Å². The van der Waals surface area contributed by atoms with Crippen molar-refractivity contribution >= 4 is 0 Å². The highest BCUT2D eigenvalue weighted by Crippen LogP contribution is 2.27. The van der Waals surface area contributed by atoms with Crippen LogP contribution < -0.4 is 0 Å². The monoisotopic (exact) mass is 310 g/mol. The van der Waals surface area contributed by atoms with Gasteiger partial charge in [-0.25, -0.2) is 4.98 Å². The number of ether oxygens (including phenoxy) is 1.